The summed E-state index contributed by atoms with van der Waals surface area (Å²) in [7, 11) is 0. The normalized spacial score (nSPS) is 13.0. The minimum Gasteiger partial charge on any atom is -0.314 e. The van der Waals surface area contributed by atoms with E-state index in [2.05, 4.69) is 58.1 Å². The van der Waals surface area contributed by atoms with E-state index in [1.807, 2.05) is 11.8 Å². The number of rotatable bonds is 7. The zero-order valence-corrected chi connectivity index (χ0v) is 13.2. The fraction of sp³-hybridized carbons (Fsp3) is 0.625. The SMILES string of the molecule is Cc1cc(C)cc(CSCC(C)CNC(C)C)c1. The van der Waals surface area contributed by atoms with Gasteiger partial charge in [0.2, 0.25) is 0 Å². The highest BCUT2D eigenvalue weighted by molar-refractivity contribution is 7.98. The van der Waals surface area contributed by atoms with E-state index in [9.17, 15) is 0 Å². The lowest BCUT2D eigenvalue weighted by atomic mass is 10.1. The molecular weight excluding hydrogens is 238 g/mol. The number of thioether (sulfide) groups is 1. The third-order valence-corrected chi connectivity index (χ3v) is 4.17. The fourth-order valence-electron chi connectivity index (χ4n) is 2.03. The molecule has 0 saturated carbocycles. The maximum atomic E-state index is 3.50. The molecule has 1 unspecified atom stereocenters. The van der Waals surface area contributed by atoms with Crippen LogP contribution in [0.1, 0.15) is 37.5 Å². The first-order valence-corrected chi connectivity index (χ1v) is 8.01. The summed E-state index contributed by atoms with van der Waals surface area (Å²) in [5.41, 5.74) is 4.21. The Morgan fingerprint density at radius 1 is 1.06 bits per heavy atom. The predicted molar refractivity (Wildman–Crippen MR) is 84.4 cm³/mol. The maximum Gasteiger partial charge on any atom is 0.0184 e. The van der Waals surface area contributed by atoms with Crippen molar-refractivity contribution in [2.75, 3.05) is 12.3 Å². The molecule has 102 valence electrons. The van der Waals surface area contributed by atoms with E-state index in [0.717, 1.165) is 18.2 Å². The number of hydrogen-bond acceptors (Lipinski definition) is 2. The van der Waals surface area contributed by atoms with Crippen molar-refractivity contribution < 1.29 is 0 Å². The Morgan fingerprint density at radius 2 is 1.67 bits per heavy atom. The summed E-state index contributed by atoms with van der Waals surface area (Å²) in [6, 6.07) is 7.44. The molecule has 0 saturated heterocycles. The minimum absolute atomic E-state index is 0.594. The molecule has 0 bridgehead atoms. The van der Waals surface area contributed by atoms with Crippen LogP contribution in [0, 0.1) is 19.8 Å². The number of aryl methyl sites for hydroxylation is 2. The monoisotopic (exact) mass is 265 g/mol. The largest absolute Gasteiger partial charge is 0.314 e. The van der Waals surface area contributed by atoms with Crippen molar-refractivity contribution in [2.24, 2.45) is 5.92 Å². The molecule has 0 aliphatic heterocycles. The van der Waals surface area contributed by atoms with Crippen LogP contribution in [0.25, 0.3) is 0 Å². The average molecular weight is 265 g/mol. The van der Waals surface area contributed by atoms with E-state index in [-0.39, 0.29) is 0 Å². The van der Waals surface area contributed by atoms with E-state index in [4.69, 9.17) is 0 Å². The smallest absolute Gasteiger partial charge is 0.0184 e. The van der Waals surface area contributed by atoms with Gasteiger partial charge in [-0.1, -0.05) is 50.1 Å². The van der Waals surface area contributed by atoms with Crippen molar-refractivity contribution in [3.63, 3.8) is 0 Å². The summed E-state index contributed by atoms with van der Waals surface area (Å²) >= 11 is 2.04. The lowest BCUT2D eigenvalue weighted by molar-refractivity contribution is 0.510. The molecule has 1 nitrogen and oxygen atoms in total. The average Bonchev–Trinajstić information content (AvgIpc) is 2.25. The van der Waals surface area contributed by atoms with Gasteiger partial charge in [-0.05, 0) is 37.6 Å². The van der Waals surface area contributed by atoms with Crippen LogP contribution in [0.15, 0.2) is 18.2 Å². The van der Waals surface area contributed by atoms with Crippen molar-refractivity contribution in [2.45, 2.75) is 46.4 Å². The van der Waals surface area contributed by atoms with Crippen LogP contribution in [0.4, 0.5) is 0 Å². The third-order valence-electron chi connectivity index (χ3n) is 2.83. The second-order valence-corrected chi connectivity index (χ2v) is 6.71. The summed E-state index contributed by atoms with van der Waals surface area (Å²) in [6.07, 6.45) is 0. The van der Waals surface area contributed by atoms with Crippen molar-refractivity contribution in [3.05, 3.63) is 34.9 Å². The lowest BCUT2D eigenvalue weighted by Crippen LogP contribution is -2.28. The van der Waals surface area contributed by atoms with Crippen molar-refractivity contribution >= 4 is 11.8 Å². The Labute approximate surface area is 117 Å². The Hall–Kier alpha value is -0.470. The van der Waals surface area contributed by atoms with Crippen LogP contribution in [0.5, 0.6) is 0 Å². The van der Waals surface area contributed by atoms with Crippen molar-refractivity contribution in [3.8, 4) is 0 Å². The maximum absolute atomic E-state index is 3.50. The topological polar surface area (TPSA) is 12.0 Å². The highest BCUT2D eigenvalue weighted by Gasteiger charge is 2.04. The molecule has 0 spiro atoms. The van der Waals surface area contributed by atoms with E-state index in [1.165, 1.54) is 22.4 Å². The van der Waals surface area contributed by atoms with Crippen LogP contribution in [0.2, 0.25) is 0 Å². The van der Waals surface area contributed by atoms with Gasteiger partial charge in [0.15, 0.2) is 0 Å². The van der Waals surface area contributed by atoms with Crippen LogP contribution in [-0.2, 0) is 5.75 Å². The molecule has 1 rings (SSSR count). The first kappa shape index (κ1) is 15.6. The van der Waals surface area contributed by atoms with E-state index >= 15 is 0 Å². The van der Waals surface area contributed by atoms with Gasteiger partial charge in [-0.3, -0.25) is 0 Å². The zero-order chi connectivity index (χ0) is 13.5. The Morgan fingerprint density at radius 3 is 2.22 bits per heavy atom. The van der Waals surface area contributed by atoms with Gasteiger partial charge in [-0.25, -0.2) is 0 Å². The van der Waals surface area contributed by atoms with Gasteiger partial charge in [0, 0.05) is 11.8 Å². The standard InChI is InChI=1S/C16H27NS/c1-12(2)17-9-15(5)10-18-11-16-7-13(3)6-14(4)8-16/h6-8,12,15,17H,9-11H2,1-5H3. The molecule has 0 aromatic heterocycles. The van der Waals surface area contributed by atoms with Gasteiger partial charge < -0.3 is 5.32 Å². The molecule has 0 amide bonds. The quantitative estimate of drug-likeness (QED) is 0.794. The molecule has 0 radical (unpaired) electrons. The summed E-state index contributed by atoms with van der Waals surface area (Å²) in [5, 5.41) is 3.50. The van der Waals surface area contributed by atoms with E-state index in [0.29, 0.717) is 6.04 Å². The second kappa shape index (κ2) is 7.85. The molecule has 1 N–H and O–H groups in total. The first-order valence-electron chi connectivity index (χ1n) is 6.85. The second-order valence-electron chi connectivity index (χ2n) is 5.68. The van der Waals surface area contributed by atoms with Gasteiger partial charge in [-0.15, -0.1) is 0 Å². The number of hydrogen-bond donors (Lipinski definition) is 1. The molecule has 0 aliphatic rings. The van der Waals surface area contributed by atoms with E-state index < -0.39 is 0 Å². The predicted octanol–water partition coefficient (Wildman–Crippen LogP) is 4.17. The molecule has 1 aromatic rings. The third kappa shape index (κ3) is 6.46. The first-order chi connectivity index (χ1) is 8.47. The van der Waals surface area contributed by atoms with Gasteiger partial charge in [0.05, 0.1) is 0 Å². The van der Waals surface area contributed by atoms with Gasteiger partial charge in [0.1, 0.15) is 0 Å². The molecule has 1 atom stereocenters. The summed E-state index contributed by atoms with van der Waals surface area (Å²) in [5.74, 6) is 3.10. The number of nitrogens with one attached hydrogen (secondary N) is 1. The lowest BCUT2D eigenvalue weighted by Gasteiger charge is -2.14. The zero-order valence-electron chi connectivity index (χ0n) is 12.4. The summed E-state index contributed by atoms with van der Waals surface area (Å²) < 4.78 is 0. The summed E-state index contributed by atoms with van der Waals surface area (Å²) in [6.45, 7) is 12.2. The van der Waals surface area contributed by atoms with Crippen LogP contribution < -0.4 is 5.32 Å². The van der Waals surface area contributed by atoms with Gasteiger partial charge >= 0.3 is 0 Å². The Kier molecular flexibility index (Phi) is 6.80. The van der Waals surface area contributed by atoms with Crippen LogP contribution in [-0.4, -0.2) is 18.3 Å². The molecular formula is C16H27NS. The van der Waals surface area contributed by atoms with Crippen LogP contribution >= 0.6 is 11.8 Å². The Bertz CT molecular complexity index is 340. The highest BCUT2D eigenvalue weighted by Crippen LogP contribution is 2.17. The van der Waals surface area contributed by atoms with Gasteiger partial charge in [-0.2, -0.15) is 11.8 Å². The Balaban J connectivity index is 2.28. The molecule has 0 aliphatic carbocycles. The summed E-state index contributed by atoms with van der Waals surface area (Å²) in [4.78, 5) is 0. The van der Waals surface area contributed by atoms with Crippen LogP contribution in [0.3, 0.4) is 0 Å². The van der Waals surface area contributed by atoms with Crippen molar-refractivity contribution in [1.82, 2.24) is 5.32 Å². The van der Waals surface area contributed by atoms with Crippen molar-refractivity contribution in [1.29, 1.82) is 0 Å². The molecule has 1 aromatic carbocycles. The fourth-order valence-corrected chi connectivity index (χ4v) is 3.07. The van der Waals surface area contributed by atoms with Gasteiger partial charge in [0.25, 0.3) is 0 Å². The molecule has 0 heterocycles. The van der Waals surface area contributed by atoms with E-state index in [1.54, 1.807) is 0 Å². The molecule has 0 fully saturated rings. The molecule has 18 heavy (non-hydrogen) atoms. The molecule has 2 heteroatoms. The number of benzene rings is 1. The minimum atomic E-state index is 0.594. The highest BCUT2D eigenvalue weighted by atomic mass is 32.2.